The molecule has 0 saturated heterocycles. The highest BCUT2D eigenvalue weighted by molar-refractivity contribution is 14.1. The SMILES string of the molecule is O=S(=O)(Cl)c1ncc(C(F)F)c(I)c1Cl. The van der Waals surface area contributed by atoms with Gasteiger partial charge in [0.2, 0.25) is 0 Å². The molecule has 0 aliphatic heterocycles. The lowest BCUT2D eigenvalue weighted by Crippen LogP contribution is -2.01. The minimum atomic E-state index is -4.12. The van der Waals surface area contributed by atoms with E-state index in [2.05, 4.69) is 4.98 Å². The highest BCUT2D eigenvalue weighted by Crippen LogP contribution is 2.33. The highest BCUT2D eigenvalue weighted by Gasteiger charge is 2.23. The average molecular weight is 388 g/mol. The third kappa shape index (κ3) is 2.89. The lowest BCUT2D eigenvalue weighted by molar-refractivity contribution is 0.150. The molecule has 0 aliphatic carbocycles. The summed E-state index contributed by atoms with van der Waals surface area (Å²) in [6.07, 6.45) is -2.03. The zero-order valence-electron chi connectivity index (χ0n) is 6.72. The average Bonchev–Trinajstić information content (AvgIpc) is 2.06. The van der Waals surface area contributed by atoms with Crippen molar-refractivity contribution in [3.63, 3.8) is 0 Å². The van der Waals surface area contributed by atoms with Crippen LogP contribution in [0.15, 0.2) is 11.2 Å². The van der Waals surface area contributed by atoms with Crippen LogP contribution in [-0.2, 0) is 9.05 Å². The standard InChI is InChI=1S/C6H2Cl2F2INO2S/c7-3-4(11)2(5(9)10)1-12-6(3)15(8,13)14/h1,5H. The molecule has 1 rings (SSSR count). The highest BCUT2D eigenvalue weighted by atomic mass is 127. The van der Waals surface area contributed by atoms with Gasteiger partial charge in [-0.1, -0.05) is 11.6 Å². The third-order valence-corrected chi connectivity index (χ3v) is 4.59. The molecule has 3 nitrogen and oxygen atoms in total. The molecule has 1 heterocycles. The molecule has 0 radical (unpaired) electrons. The van der Waals surface area contributed by atoms with Crippen LogP contribution in [0.4, 0.5) is 8.78 Å². The Bertz CT molecular complexity index is 494. The van der Waals surface area contributed by atoms with E-state index < -0.39 is 26.1 Å². The monoisotopic (exact) mass is 387 g/mol. The Labute approximate surface area is 107 Å². The molecular weight excluding hydrogens is 386 g/mol. The minimum Gasteiger partial charge on any atom is -0.242 e. The maximum atomic E-state index is 12.4. The van der Waals surface area contributed by atoms with Crippen molar-refractivity contribution >= 4 is 53.9 Å². The van der Waals surface area contributed by atoms with Crippen LogP contribution in [0.5, 0.6) is 0 Å². The van der Waals surface area contributed by atoms with Crippen LogP contribution in [0.25, 0.3) is 0 Å². The van der Waals surface area contributed by atoms with Crippen molar-refractivity contribution in [2.45, 2.75) is 11.5 Å². The van der Waals surface area contributed by atoms with E-state index in [1.54, 1.807) is 0 Å². The van der Waals surface area contributed by atoms with Gasteiger partial charge in [0.25, 0.3) is 15.5 Å². The molecule has 0 aliphatic rings. The number of rotatable bonds is 2. The second kappa shape index (κ2) is 4.64. The third-order valence-electron chi connectivity index (χ3n) is 1.42. The molecule has 0 atom stereocenters. The van der Waals surface area contributed by atoms with Gasteiger partial charge in [0.05, 0.1) is 10.6 Å². The van der Waals surface area contributed by atoms with Gasteiger partial charge in [-0.2, -0.15) is 0 Å². The smallest absolute Gasteiger partial charge is 0.242 e. The summed E-state index contributed by atoms with van der Waals surface area (Å²) in [5, 5.41) is -0.997. The van der Waals surface area contributed by atoms with E-state index in [0.717, 1.165) is 6.20 Å². The Kier molecular flexibility index (Phi) is 4.13. The summed E-state index contributed by atoms with van der Waals surface area (Å²) in [5.74, 6) is 0. The summed E-state index contributed by atoms with van der Waals surface area (Å²) in [5.41, 5.74) is -0.426. The fraction of sp³-hybridized carbons (Fsp3) is 0.167. The molecule has 1 aromatic rings. The summed E-state index contributed by atoms with van der Waals surface area (Å²) in [6.45, 7) is 0. The van der Waals surface area contributed by atoms with Gasteiger partial charge in [-0.15, -0.1) is 0 Å². The van der Waals surface area contributed by atoms with Gasteiger partial charge in [-0.3, -0.25) is 0 Å². The molecule has 0 spiro atoms. The maximum Gasteiger partial charge on any atom is 0.280 e. The number of pyridine rings is 1. The number of nitrogens with zero attached hydrogens (tertiary/aromatic N) is 1. The van der Waals surface area contributed by atoms with Gasteiger partial charge >= 0.3 is 0 Å². The van der Waals surface area contributed by atoms with Crippen molar-refractivity contribution in [3.8, 4) is 0 Å². The van der Waals surface area contributed by atoms with E-state index in [1.807, 2.05) is 0 Å². The molecule has 1 aromatic heterocycles. The molecule has 84 valence electrons. The lowest BCUT2D eigenvalue weighted by Gasteiger charge is -2.06. The molecule has 0 bridgehead atoms. The van der Waals surface area contributed by atoms with Crippen molar-refractivity contribution in [1.29, 1.82) is 0 Å². The van der Waals surface area contributed by atoms with Crippen molar-refractivity contribution in [2.24, 2.45) is 0 Å². The molecule has 0 fully saturated rings. The van der Waals surface area contributed by atoms with Gasteiger partial charge < -0.3 is 0 Å². The lowest BCUT2D eigenvalue weighted by atomic mass is 10.3. The zero-order chi connectivity index (χ0) is 11.8. The van der Waals surface area contributed by atoms with Gasteiger partial charge in [0.1, 0.15) is 0 Å². The second-order valence-electron chi connectivity index (χ2n) is 2.39. The van der Waals surface area contributed by atoms with E-state index in [1.165, 1.54) is 22.6 Å². The van der Waals surface area contributed by atoms with E-state index in [-0.39, 0.29) is 8.59 Å². The molecule has 15 heavy (non-hydrogen) atoms. The summed E-state index contributed by atoms with van der Waals surface area (Å²) >= 11 is 7.07. The van der Waals surface area contributed by atoms with E-state index in [4.69, 9.17) is 22.3 Å². The molecular formula is C6H2Cl2F2INO2S. The van der Waals surface area contributed by atoms with Crippen molar-refractivity contribution in [1.82, 2.24) is 4.98 Å². The molecule has 0 amide bonds. The van der Waals surface area contributed by atoms with E-state index in [0.29, 0.717) is 0 Å². The van der Waals surface area contributed by atoms with E-state index >= 15 is 0 Å². The van der Waals surface area contributed by atoms with Crippen molar-refractivity contribution in [2.75, 3.05) is 0 Å². The number of hydrogen-bond acceptors (Lipinski definition) is 3. The quantitative estimate of drug-likeness (QED) is 0.578. The van der Waals surface area contributed by atoms with Crippen molar-refractivity contribution < 1.29 is 17.2 Å². The topological polar surface area (TPSA) is 47.0 Å². The fourth-order valence-electron chi connectivity index (χ4n) is 0.784. The fourth-order valence-corrected chi connectivity index (χ4v) is 3.02. The Hall–Kier alpha value is 0.270. The Morgan fingerprint density at radius 1 is 1.47 bits per heavy atom. The Morgan fingerprint density at radius 2 is 2.00 bits per heavy atom. The Balaban J connectivity index is 3.48. The number of halogens is 5. The second-order valence-corrected chi connectivity index (χ2v) is 6.32. The van der Waals surface area contributed by atoms with Crippen molar-refractivity contribution in [3.05, 3.63) is 20.4 Å². The Morgan fingerprint density at radius 3 is 2.40 bits per heavy atom. The first-order valence-corrected chi connectivity index (χ1v) is 7.08. The number of aromatic nitrogens is 1. The first-order valence-electron chi connectivity index (χ1n) is 3.32. The largest absolute Gasteiger partial charge is 0.280 e. The van der Waals surface area contributed by atoms with Crippen LogP contribution in [0.3, 0.4) is 0 Å². The minimum absolute atomic E-state index is 0.0708. The summed E-state index contributed by atoms with van der Waals surface area (Å²) in [6, 6.07) is 0. The van der Waals surface area contributed by atoms with Crippen LogP contribution in [0, 0.1) is 3.57 Å². The normalized spacial score (nSPS) is 12.1. The first kappa shape index (κ1) is 13.3. The molecule has 0 N–H and O–H groups in total. The van der Waals surface area contributed by atoms with Gasteiger partial charge in [0, 0.05) is 20.4 Å². The molecule has 0 unspecified atom stereocenters. The predicted molar refractivity (Wildman–Crippen MR) is 60.0 cm³/mol. The van der Waals surface area contributed by atoms with Crippen LogP contribution in [-0.4, -0.2) is 13.4 Å². The summed E-state index contributed by atoms with van der Waals surface area (Å²) in [7, 11) is 0.883. The number of hydrogen-bond donors (Lipinski definition) is 0. The predicted octanol–water partition coefficient (Wildman–Crippen LogP) is 3.20. The first-order chi connectivity index (χ1) is 6.75. The van der Waals surface area contributed by atoms with E-state index in [9.17, 15) is 17.2 Å². The zero-order valence-corrected chi connectivity index (χ0v) is 11.2. The molecule has 0 aromatic carbocycles. The van der Waals surface area contributed by atoms with Crippen LogP contribution < -0.4 is 0 Å². The van der Waals surface area contributed by atoms with Gasteiger partial charge in [-0.25, -0.2) is 22.2 Å². The van der Waals surface area contributed by atoms with Gasteiger partial charge in [-0.05, 0) is 22.6 Å². The van der Waals surface area contributed by atoms with Crippen LogP contribution in [0.2, 0.25) is 5.02 Å². The van der Waals surface area contributed by atoms with Crippen LogP contribution >= 0.6 is 44.9 Å². The summed E-state index contributed by atoms with van der Waals surface area (Å²) < 4.78 is 46.5. The summed E-state index contributed by atoms with van der Waals surface area (Å²) in [4.78, 5) is 3.29. The number of alkyl halides is 2. The molecule has 9 heteroatoms. The molecule has 0 saturated carbocycles. The van der Waals surface area contributed by atoms with Crippen LogP contribution in [0.1, 0.15) is 12.0 Å². The maximum absolute atomic E-state index is 12.4. The van der Waals surface area contributed by atoms with Gasteiger partial charge in [0.15, 0.2) is 5.03 Å².